The van der Waals surface area contributed by atoms with E-state index in [1.807, 2.05) is 7.05 Å². The van der Waals surface area contributed by atoms with Crippen LogP contribution in [0, 0.1) is 13.8 Å². The summed E-state index contributed by atoms with van der Waals surface area (Å²) in [6.45, 7) is 4.34. The maximum Gasteiger partial charge on any atom is 0.0323 e. The van der Waals surface area contributed by atoms with Gasteiger partial charge in [0.1, 0.15) is 0 Å². The summed E-state index contributed by atoms with van der Waals surface area (Å²) in [5, 5.41) is 3.44. The molecular formula is C18H23N. The van der Waals surface area contributed by atoms with E-state index >= 15 is 0 Å². The van der Waals surface area contributed by atoms with Crippen LogP contribution in [0.1, 0.15) is 34.7 Å². The maximum absolute atomic E-state index is 3.44. The lowest BCUT2D eigenvalue weighted by molar-refractivity contribution is 0.546. The van der Waals surface area contributed by atoms with Crippen molar-refractivity contribution < 1.29 is 0 Å². The van der Waals surface area contributed by atoms with Gasteiger partial charge in [-0.15, -0.1) is 0 Å². The van der Waals surface area contributed by atoms with Gasteiger partial charge in [0.05, 0.1) is 0 Å². The summed E-state index contributed by atoms with van der Waals surface area (Å²) in [5.41, 5.74) is 5.55. The fourth-order valence-electron chi connectivity index (χ4n) is 2.61. The van der Waals surface area contributed by atoms with Crippen molar-refractivity contribution in [3.63, 3.8) is 0 Å². The Morgan fingerprint density at radius 3 is 2.47 bits per heavy atom. The number of hydrogen-bond donors (Lipinski definition) is 1. The van der Waals surface area contributed by atoms with Crippen molar-refractivity contribution in [3.05, 3.63) is 70.8 Å². The van der Waals surface area contributed by atoms with Gasteiger partial charge in [-0.25, -0.2) is 0 Å². The molecule has 0 amide bonds. The second kappa shape index (κ2) is 6.53. The van der Waals surface area contributed by atoms with Crippen molar-refractivity contribution in [2.24, 2.45) is 0 Å². The molecule has 1 N–H and O–H groups in total. The Morgan fingerprint density at radius 1 is 1.00 bits per heavy atom. The molecule has 2 rings (SSSR count). The van der Waals surface area contributed by atoms with Crippen LogP contribution in [-0.4, -0.2) is 7.05 Å². The molecule has 1 nitrogen and oxygen atoms in total. The molecule has 1 atom stereocenters. The van der Waals surface area contributed by atoms with Gasteiger partial charge in [0.15, 0.2) is 0 Å². The van der Waals surface area contributed by atoms with Crippen molar-refractivity contribution in [3.8, 4) is 0 Å². The fraction of sp³-hybridized carbons (Fsp3) is 0.333. The molecule has 2 aromatic carbocycles. The molecule has 0 spiro atoms. The molecule has 0 saturated heterocycles. The zero-order chi connectivity index (χ0) is 13.7. The number of aryl methyl sites for hydroxylation is 3. The van der Waals surface area contributed by atoms with E-state index in [0.717, 1.165) is 12.8 Å². The van der Waals surface area contributed by atoms with Crippen LogP contribution >= 0.6 is 0 Å². The first-order chi connectivity index (χ1) is 9.20. The second-order valence-electron chi connectivity index (χ2n) is 5.23. The van der Waals surface area contributed by atoms with Crippen LogP contribution in [0.5, 0.6) is 0 Å². The van der Waals surface area contributed by atoms with Crippen LogP contribution in [0.3, 0.4) is 0 Å². The third-order valence-electron chi connectivity index (χ3n) is 3.72. The van der Waals surface area contributed by atoms with Crippen LogP contribution in [0.4, 0.5) is 0 Å². The molecule has 0 saturated carbocycles. The van der Waals surface area contributed by atoms with E-state index in [1.54, 1.807) is 0 Å². The van der Waals surface area contributed by atoms with E-state index in [-0.39, 0.29) is 0 Å². The van der Waals surface area contributed by atoms with Gasteiger partial charge < -0.3 is 5.32 Å². The number of hydrogen-bond acceptors (Lipinski definition) is 1. The van der Waals surface area contributed by atoms with E-state index in [9.17, 15) is 0 Å². The molecule has 0 radical (unpaired) electrons. The molecule has 0 aliphatic heterocycles. The number of rotatable bonds is 5. The summed E-state index contributed by atoms with van der Waals surface area (Å²) >= 11 is 0. The third-order valence-corrected chi connectivity index (χ3v) is 3.72. The van der Waals surface area contributed by atoms with Crippen LogP contribution < -0.4 is 5.32 Å². The molecular weight excluding hydrogens is 230 g/mol. The Bertz CT molecular complexity index is 531. The normalized spacial score (nSPS) is 12.4. The molecule has 19 heavy (non-hydrogen) atoms. The molecule has 0 bridgehead atoms. The Kier molecular flexibility index (Phi) is 4.75. The zero-order valence-corrected chi connectivity index (χ0v) is 12.1. The summed E-state index contributed by atoms with van der Waals surface area (Å²) in [6, 6.07) is 17.9. The minimum Gasteiger partial charge on any atom is -0.313 e. The van der Waals surface area contributed by atoms with Crippen molar-refractivity contribution in [2.75, 3.05) is 7.05 Å². The molecule has 0 aliphatic rings. The Balaban J connectivity index is 2.06. The highest BCUT2D eigenvalue weighted by Gasteiger charge is 2.11. The lowest BCUT2D eigenvalue weighted by Gasteiger charge is -2.19. The molecule has 1 heteroatoms. The highest BCUT2D eigenvalue weighted by atomic mass is 14.9. The zero-order valence-electron chi connectivity index (χ0n) is 12.1. The fourth-order valence-corrected chi connectivity index (χ4v) is 2.61. The van der Waals surface area contributed by atoms with Gasteiger partial charge in [-0.2, -0.15) is 0 Å². The summed E-state index contributed by atoms with van der Waals surface area (Å²) in [7, 11) is 2.05. The van der Waals surface area contributed by atoms with Gasteiger partial charge in [-0.3, -0.25) is 0 Å². The van der Waals surface area contributed by atoms with Gasteiger partial charge in [-0.1, -0.05) is 54.1 Å². The molecule has 0 aliphatic carbocycles. The third kappa shape index (κ3) is 3.68. The average molecular weight is 253 g/mol. The van der Waals surface area contributed by atoms with Gasteiger partial charge >= 0.3 is 0 Å². The highest BCUT2D eigenvalue weighted by molar-refractivity contribution is 5.29. The average Bonchev–Trinajstić information content (AvgIpc) is 2.41. The molecule has 1 unspecified atom stereocenters. The largest absolute Gasteiger partial charge is 0.313 e. The minimum absolute atomic E-state index is 0.432. The van der Waals surface area contributed by atoms with Crippen molar-refractivity contribution in [1.82, 2.24) is 5.32 Å². The van der Waals surface area contributed by atoms with Gasteiger partial charge in [0.25, 0.3) is 0 Å². The minimum atomic E-state index is 0.432. The van der Waals surface area contributed by atoms with E-state index in [4.69, 9.17) is 0 Å². The van der Waals surface area contributed by atoms with Crippen LogP contribution in [0.2, 0.25) is 0 Å². The molecule has 0 fully saturated rings. The lowest BCUT2D eigenvalue weighted by Crippen LogP contribution is -2.18. The Hall–Kier alpha value is -1.60. The Morgan fingerprint density at radius 2 is 1.79 bits per heavy atom. The summed E-state index contributed by atoms with van der Waals surface area (Å²) in [5.74, 6) is 0. The van der Waals surface area contributed by atoms with Gasteiger partial charge in [0.2, 0.25) is 0 Å². The van der Waals surface area contributed by atoms with E-state index in [2.05, 4.69) is 67.7 Å². The standard InChI is InChI=1S/C18H23N/c1-14-7-6-9-16(13-14)11-12-18(19-3)17-10-5-4-8-15(17)2/h4-10,13,18-19H,11-12H2,1-3H3. The van der Waals surface area contributed by atoms with E-state index < -0.39 is 0 Å². The first kappa shape index (κ1) is 13.8. The number of nitrogens with one attached hydrogen (secondary N) is 1. The first-order valence-electron chi connectivity index (χ1n) is 6.99. The summed E-state index contributed by atoms with van der Waals surface area (Å²) in [6.07, 6.45) is 2.24. The Labute approximate surface area is 116 Å². The van der Waals surface area contributed by atoms with Gasteiger partial charge in [0, 0.05) is 6.04 Å². The maximum atomic E-state index is 3.44. The van der Waals surface area contributed by atoms with E-state index in [1.165, 1.54) is 22.3 Å². The smallest absolute Gasteiger partial charge is 0.0323 e. The summed E-state index contributed by atoms with van der Waals surface area (Å²) in [4.78, 5) is 0. The quantitative estimate of drug-likeness (QED) is 0.842. The summed E-state index contributed by atoms with van der Waals surface area (Å²) < 4.78 is 0. The van der Waals surface area contributed by atoms with Crippen LogP contribution in [0.25, 0.3) is 0 Å². The van der Waals surface area contributed by atoms with Crippen molar-refractivity contribution in [1.29, 1.82) is 0 Å². The van der Waals surface area contributed by atoms with Crippen LogP contribution in [-0.2, 0) is 6.42 Å². The predicted molar refractivity (Wildman–Crippen MR) is 82.5 cm³/mol. The highest BCUT2D eigenvalue weighted by Crippen LogP contribution is 2.22. The van der Waals surface area contributed by atoms with Crippen LogP contribution in [0.15, 0.2) is 48.5 Å². The van der Waals surface area contributed by atoms with E-state index in [0.29, 0.717) is 6.04 Å². The first-order valence-corrected chi connectivity index (χ1v) is 6.99. The lowest BCUT2D eigenvalue weighted by atomic mass is 9.95. The monoisotopic (exact) mass is 253 g/mol. The number of benzene rings is 2. The van der Waals surface area contributed by atoms with Gasteiger partial charge in [-0.05, 0) is 50.4 Å². The molecule has 0 aromatic heterocycles. The molecule has 0 heterocycles. The van der Waals surface area contributed by atoms with Crippen molar-refractivity contribution >= 4 is 0 Å². The topological polar surface area (TPSA) is 12.0 Å². The van der Waals surface area contributed by atoms with Crippen molar-refractivity contribution in [2.45, 2.75) is 32.7 Å². The molecule has 100 valence electrons. The second-order valence-corrected chi connectivity index (χ2v) is 5.23. The SMILES string of the molecule is CNC(CCc1cccc(C)c1)c1ccccc1C. The molecule has 2 aromatic rings. The predicted octanol–water partition coefficient (Wildman–Crippen LogP) is 4.20.